The van der Waals surface area contributed by atoms with E-state index in [-0.39, 0.29) is 5.69 Å². The van der Waals surface area contributed by atoms with E-state index in [0.29, 0.717) is 5.65 Å². The maximum absolute atomic E-state index is 11.2. The molecule has 5 nitrogen and oxygen atoms in total. The average molecular weight is 206 g/mol. The summed E-state index contributed by atoms with van der Waals surface area (Å²) in [5.74, 6) is 0. The van der Waals surface area contributed by atoms with Crippen molar-refractivity contribution in [2.24, 2.45) is 0 Å². The van der Waals surface area contributed by atoms with Crippen molar-refractivity contribution in [3.05, 3.63) is 28.6 Å². The predicted molar refractivity (Wildman–Crippen MR) is 56.8 cm³/mol. The smallest absolute Gasteiger partial charge is 0.246 e. The molecule has 0 atom stereocenters. The van der Waals surface area contributed by atoms with Crippen LogP contribution in [-0.2, 0) is 6.42 Å². The lowest BCUT2D eigenvalue weighted by Gasteiger charge is -1.99. The zero-order valence-corrected chi connectivity index (χ0v) is 8.73. The van der Waals surface area contributed by atoms with Crippen LogP contribution in [0.5, 0.6) is 0 Å². The topological polar surface area (TPSA) is 63.0 Å². The molecule has 0 saturated heterocycles. The monoisotopic (exact) mass is 206 g/mol. The van der Waals surface area contributed by atoms with Crippen molar-refractivity contribution < 1.29 is 0 Å². The standard InChI is InChI=1S/C10H14N4O/c1-2-3-4-5-8-6-9-12-13-10(15)14(9)7-11-8/h6-7H,2-5H2,1H3,(H,13,15). The van der Waals surface area contributed by atoms with Crippen LogP contribution >= 0.6 is 0 Å². The number of rotatable bonds is 4. The number of aromatic amines is 1. The lowest BCUT2D eigenvalue weighted by Crippen LogP contribution is -2.09. The number of aryl methyl sites for hydroxylation is 1. The molecule has 0 bridgehead atoms. The first kappa shape index (κ1) is 9.89. The van der Waals surface area contributed by atoms with Crippen LogP contribution in [0.2, 0.25) is 0 Å². The van der Waals surface area contributed by atoms with E-state index in [1.54, 1.807) is 0 Å². The number of hydrogen-bond acceptors (Lipinski definition) is 3. The Kier molecular flexibility index (Phi) is 2.80. The zero-order chi connectivity index (χ0) is 10.7. The Balaban J connectivity index is 2.20. The van der Waals surface area contributed by atoms with E-state index in [4.69, 9.17) is 0 Å². The van der Waals surface area contributed by atoms with Gasteiger partial charge in [-0.05, 0) is 12.8 Å². The fourth-order valence-electron chi connectivity index (χ4n) is 1.54. The van der Waals surface area contributed by atoms with Gasteiger partial charge in [-0.15, -0.1) is 0 Å². The van der Waals surface area contributed by atoms with Crippen molar-refractivity contribution in [3.63, 3.8) is 0 Å². The predicted octanol–water partition coefficient (Wildman–Crippen LogP) is 1.15. The van der Waals surface area contributed by atoms with Crippen molar-refractivity contribution in [2.75, 3.05) is 0 Å². The van der Waals surface area contributed by atoms with E-state index in [0.717, 1.165) is 18.5 Å². The van der Waals surface area contributed by atoms with Gasteiger partial charge >= 0.3 is 5.69 Å². The molecule has 5 heteroatoms. The fraction of sp³-hybridized carbons (Fsp3) is 0.500. The molecule has 2 rings (SSSR count). The molecule has 0 unspecified atom stereocenters. The van der Waals surface area contributed by atoms with Crippen LogP contribution in [0.4, 0.5) is 0 Å². The number of nitrogens with one attached hydrogen (secondary N) is 1. The molecule has 0 aliphatic carbocycles. The minimum absolute atomic E-state index is 0.238. The van der Waals surface area contributed by atoms with E-state index >= 15 is 0 Å². The summed E-state index contributed by atoms with van der Waals surface area (Å²) in [7, 11) is 0. The largest absolute Gasteiger partial charge is 0.348 e. The van der Waals surface area contributed by atoms with E-state index in [1.807, 2.05) is 6.07 Å². The molecule has 0 aromatic carbocycles. The van der Waals surface area contributed by atoms with Crippen LogP contribution in [0.15, 0.2) is 17.2 Å². The van der Waals surface area contributed by atoms with E-state index < -0.39 is 0 Å². The van der Waals surface area contributed by atoms with Crippen molar-refractivity contribution in [1.29, 1.82) is 0 Å². The van der Waals surface area contributed by atoms with Gasteiger partial charge in [0, 0.05) is 11.8 Å². The highest BCUT2D eigenvalue weighted by Gasteiger charge is 2.01. The molecule has 1 N–H and O–H groups in total. The van der Waals surface area contributed by atoms with Crippen LogP contribution in [0, 0.1) is 0 Å². The molecule has 0 aliphatic rings. The summed E-state index contributed by atoms with van der Waals surface area (Å²) < 4.78 is 1.41. The summed E-state index contributed by atoms with van der Waals surface area (Å²) >= 11 is 0. The van der Waals surface area contributed by atoms with Crippen LogP contribution in [0.25, 0.3) is 5.65 Å². The first-order valence-electron chi connectivity index (χ1n) is 5.23. The Morgan fingerprint density at radius 2 is 2.33 bits per heavy atom. The van der Waals surface area contributed by atoms with Gasteiger partial charge in [-0.2, -0.15) is 5.10 Å². The van der Waals surface area contributed by atoms with Crippen LogP contribution in [-0.4, -0.2) is 19.6 Å². The van der Waals surface area contributed by atoms with Gasteiger partial charge in [-0.25, -0.2) is 19.3 Å². The maximum Gasteiger partial charge on any atom is 0.348 e. The molecule has 80 valence electrons. The Morgan fingerprint density at radius 3 is 3.13 bits per heavy atom. The zero-order valence-electron chi connectivity index (χ0n) is 8.73. The van der Waals surface area contributed by atoms with Crippen molar-refractivity contribution in [2.45, 2.75) is 32.6 Å². The van der Waals surface area contributed by atoms with Crippen LogP contribution < -0.4 is 5.69 Å². The summed E-state index contributed by atoms with van der Waals surface area (Å²) in [4.78, 5) is 15.4. The number of aromatic nitrogens is 4. The van der Waals surface area contributed by atoms with Gasteiger partial charge in [0.2, 0.25) is 0 Å². The number of hydrogen-bond donors (Lipinski definition) is 1. The molecule has 2 aromatic rings. The lowest BCUT2D eigenvalue weighted by molar-refractivity contribution is 0.705. The van der Waals surface area contributed by atoms with Crippen LogP contribution in [0.1, 0.15) is 31.9 Å². The highest BCUT2D eigenvalue weighted by Crippen LogP contribution is 2.04. The second kappa shape index (κ2) is 4.25. The van der Waals surface area contributed by atoms with Gasteiger partial charge in [0.25, 0.3) is 0 Å². The molecule has 0 amide bonds. The molecule has 0 fully saturated rings. The van der Waals surface area contributed by atoms with Gasteiger partial charge in [0.1, 0.15) is 6.33 Å². The molecular formula is C10H14N4O. The molecule has 0 aliphatic heterocycles. The first-order valence-corrected chi connectivity index (χ1v) is 5.23. The van der Waals surface area contributed by atoms with Gasteiger partial charge in [0.05, 0.1) is 0 Å². The molecule has 0 spiro atoms. The van der Waals surface area contributed by atoms with Gasteiger partial charge < -0.3 is 0 Å². The Labute approximate surface area is 87.2 Å². The fourth-order valence-corrected chi connectivity index (χ4v) is 1.54. The lowest BCUT2D eigenvalue weighted by atomic mass is 10.1. The minimum atomic E-state index is -0.238. The quantitative estimate of drug-likeness (QED) is 0.763. The second-order valence-electron chi connectivity index (χ2n) is 3.59. The third-order valence-corrected chi connectivity index (χ3v) is 2.40. The summed E-state index contributed by atoms with van der Waals surface area (Å²) in [6.45, 7) is 2.17. The number of unbranched alkanes of at least 4 members (excludes halogenated alkanes) is 2. The first-order chi connectivity index (χ1) is 7.31. The molecule has 2 heterocycles. The summed E-state index contributed by atoms with van der Waals surface area (Å²) in [6, 6.07) is 1.85. The summed E-state index contributed by atoms with van der Waals surface area (Å²) in [5, 5.41) is 6.28. The molecule has 0 saturated carbocycles. The summed E-state index contributed by atoms with van der Waals surface area (Å²) in [6.07, 6.45) is 6.02. The molecule has 15 heavy (non-hydrogen) atoms. The van der Waals surface area contributed by atoms with Gasteiger partial charge in [0.15, 0.2) is 5.65 Å². The number of fused-ring (bicyclic) bond motifs is 1. The van der Waals surface area contributed by atoms with Crippen molar-refractivity contribution >= 4 is 5.65 Å². The van der Waals surface area contributed by atoms with E-state index in [2.05, 4.69) is 22.1 Å². The number of nitrogens with zero attached hydrogens (tertiary/aromatic N) is 3. The van der Waals surface area contributed by atoms with Gasteiger partial charge in [-0.3, -0.25) is 0 Å². The van der Waals surface area contributed by atoms with Crippen molar-refractivity contribution in [1.82, 2.24) is 19.6 Å². The highest BCUT2D eigenvalue weighted by atomic mass is 16.1. The third kappa shape index (κ3) is 2.06. The van der Waals surface area contributed by atoms with Crippen LogP contribution in [0.3, 0.4) is 0 Å². The van der Waals surface area contributed by atoms with E-state index in [1.165, 1.54) is 23.6 Å². The van der Waals surface area contributed by atoms with Crippen molar-refractivity contribution in [3.8, 4) is 0 Å². The SMILES string of the molecule is CCCCCc1cc2n[nH]c(=O)n2cn1. The Hall–Kier alpha value is -1.65. The number of H-pyrrole nitrogens is 1. The van der Waals surface area contributed by atoms with Gasteiger partial charge in [-0.1, -0.05) is 19.8 Å². The molecular weight excluding hydrogens is 192 g/mol. The molecule has 0 radical (unpaired) electrons. The minimum Gasteiger partial charge on any atom is -0.246 e. The molecule has 2 aromatic heterocycles. The normalized spacial score (nSPS) is 11.0. The van der Waals surface area contributed by atoms with E-state index in [9.17, 15) is 4.79 Å². The highest BCUT2D eigenvalue weighted by molar-refractivity contribution is 5.36. The Bertz CT molecular complexity index is 499. The Morgan fingerprint density at radius 1 is 1.47 bits per heavy atom. The second-order valence-corrected chi connectivity index (χ2v) is 3.59. The third-order valence-electron chi connectivity index (χ3n) is 2.40. The maximum atomic E-state index is 11.2. The summed E-state index contributed by atoms with van der Waals surface area (Å²) in [5.41, 5.74) is 1.40. The average Bonchev–Trinajstić information content (AvgIpc) is 2.61.